The number of rotatable bonds is 3. The zero-order chi connectivity index (χ0) is 13.9. The molecule has 0 spiro atoms. The summed E-state index contributed by atoms with van der Waals surface area (Å²) >= 11 is 0. The molecule has 5 heteroatoms. The Morgan fingerprint density at radius 3 is 2.62 bits per heavy atom. The van der Waals surface area contributed by atoms with Crippen LogP contribution >= 0.6 is 24.0 Å². The fourth-order valence-electron chi connectivity index (χ4n) is 3.24. The van der Waals surface area contributed by atoms with Crippen LogP contribution in [0, 0.1) is 5.82 Å². The molecular formula is C16H23FIN3. The number of hydrogen-bond acceptors (Lipinski definition) is 1. The molecule has 3 rings (SSSR count). The SMILES string of the molecule is I.NC(=NC1CCCC1)NC1CC(c2cccc(F)c2)C1. The third-order valence-electron chi connectivity index (χ3n) is 4.46. The van der Waals surface area contributed by atoms with Crippen LogP contribution in [0.1, 0.15) is 50.0 Å². The Kier molecular flexibility index (Phi) is 5.84. The molecule has 0 bridgehead atoms. The van der Waals surface area contributed by atoms with Crippen molar-refractivity contribution in [2.75, 3.05) is 0 Å². The van der Waals surface area contributed by atoms with Gasteiger partial charge in [-0.05, 0) is 49.3 Å². The van der Waals surface area contributed by atoms with Gasteiger partial charge in [0.1, 0.15) is 5.82 Å². The van der Waals surface area contributed by atoms with E-state index in [2.05, 4.69) is 10.3 Å². The van der Waals surface area contributed by atoms with E-state index in [0.717, 1.165) is 18.4 Å². The second-order valence-corrected chi connectivity index (χ2v) is 6.02. The topological polar surface area (TPSA) is 50.4 Å². The average Bonchev–Trinajstić information content (AvgIpc) is 2.86. The minimum absolute atomic E-state index is 0. The Hall–Kier alpha value is -0.850. The summed E-state index contributed by atoms with van der Waals surface area (Å²) in [6, 6.07) is 7.71. The van der Waals surface area contributed by atoms with Crippen LogP contribution in [0.25, 0.3) is 0 Å². The van der Waals surface area contributed by atoms with Crippen LogP contribution < -0.4 is 11.1 Å². The first-order valence-corrected chi connectivity index (χ1v) is 7.56. The summed E-state index contributed by atoms with van der Waals surface area (Å²) in [6.07, 6.45) is 6.88. The molecule has 0 aliphatic heterocycles. The first-order valence-electron chi connectivity index (χ1n) is 7.56. The molecule has 3 N–H and O–H groups in total. The van der Waals surface area contributed by atoms with Gasteiger partial charge in [-0.15, -0.1) is 24.0 Å². The van der Waals surface area contributed by atoms with Gasteiger partial charge in [0.15, 0.2) is 5.96 Å². The first kappa shape index (κ1) is 16.5. The summed E-state index contributed by atoms with van der Waals surface area (Å²) in [5.41, 5.74) is 7.04. The molecule has 0 aromatic heterocycles. The highest BCUT2D eigenvalue weighted by atomic mass is 127. The van der Waals surface area contributed by atoms with Crippen molar-refractivity contribution < 1.29 is 4.39 Å². The molecule has 0 unspecified atom stereocenters. The van der Waals surface area contributed by atoms with Gasteiger partial charge in [0.2, 0.25) is 0 Å². The van der Waals surface area contributed by atoms with Gasteiger partial charge in [-0.3, -0.25) is 4.99 Å². The lowest BCUT2D eigenvalue weighted by Crippen LogP contribution is -2.47. The zero-order valence-electron chi connectivity index (χ0n) is 12.1. The molecule has 3 nitrogen and oxygen atoms in total. The van der Waals surface area contributed by atoms with E-state index in [9.17, 15) is 4.39 Å². The Balaban J connectivity index is 0.00000161. The Bertz CT molecular complexity index is 494. The quantitative estimate of drug-likeness (QED) is 0.461. The highest BCUT2D eigenvalue weighted by Crippen LogP contribution is 2.36. The molecule has 2 aliphatic rings. The molecule has 0 heterocycles. The van der Waals surface area contributed by atoms with Crippen molar-refractivity contribution in [1.29, 1.82) is 0 Å². The van der Waals surface area contributed by atoms with Crippen molar-refractivity contribution in [2.45, 2.75) is 56.5 Å². The monoisotopic (exact) mass is 403 g/mol. The van der Waals surface area contributed by atoms with Crippen molar-refractivity contribution in [2.24, 2.45) is 10.7 Å². The van der Waals surface area contributed by atoms with Crippen molar-refractivity contribution in [1.82, 2.24) is 5.32 Å². The summed E-state index contributed by atoms with van der Waals surface area (Å²) in [7, 11) is 0. The van der Waals surface area contributed by atoms with E-state index in [4.69, 9.17) is 5.73 Å². The van der Waals surface area contributed by atoms with Gasteiger partial charge in [-0.2, -0.15) is 0 Å². The van der Waals surface area contributed by atoms with E-state index in [1.54, 1.807) is 12.1 Å². The molecule has 0 saturated heterocycles. The predicted molar refractivity (Wildman–Crippen MR) is 94.6 cm³/mol. The molecule has 2 saturated carbocycles. The van der Waals surface area contributed by atoms with Crippen molar-refractivity contribution in [3.8, 4) is 0 Å². The van der Waals surface area contributed by atoms with Crippen LogP contribution in [0.4, 0.5) is 4.39 Å². The normalized spacial score (nSPS) is 26.0. The number of nitrogens with one attached hydrogen (secondary N) is 1. The number of hydrogen-bond donors (Lipinski definition) is 2. The largest absolute Gasteiger partial charge is 0.370 e. The van der Waals surface area contributed by atoms with Crippen molar-refractivity contribution in [3.05, 3.63) is 35.6 Å². The minimum atomic E-state index is -0.152. The lowest BCUT2D eigenvalue weighted by Gasteiger charge is -2.36. The summed E-state index contributed by atoms with van der Waals surface area (Å²) < 4.78 is 13.2. The Morgan fingerprint density at radius 1 is 1.24 bits per heavy atom. The third-order valence-corrected chi connectivity index (χ3v) is 4.46. The first-order chi connectivity index (χ1) is 9.70. The highest BCUT2D eigenvalue weighted by molar-refractivity contribution is 14.0. The van der Waals surface area contributed by atoms with Gasteiger partial charge >= 0.3 is 0 Å². The molecule has 0 amide bonds. The zero-order valence-corrected chi connectivity index (χ0v) is 14.4. The molecule has 1 aromatic rings. The van der Waals surface area contributed by atoms with E-state index < -0.39 is 0 Å². The van der Waals surface area contributed by atoms with Crippen LogP contribution in [-0.4, -0.2) is 18.0 Å². The summed E-state index contributed by atoms with van der Waals surface area (Å²) in [6.45, 7) is 0. The van der Waals surface area contributed by atoms with Gasteiger partial charge in [-0.1, -0.05) is 25.0 Å². The lowest BCUT2D eigenvalue weighted by molar-refractivity contribution is 0.322. The number of aliphatic imine (C=N–C) groups is 1. The fraction of sp³-hybridized carbons (Fsp3) is 0.562. The molecular weight excluding hydrogens is 380 g/mol. The summed E-state index contributed by atoms with van der Waals surface area (Å²) in [5.74, 6) is 0.878. The fourth-order valence-corrected chi connectivity index (χ4v) is 3.24. The van der Waals surface area contributed by atoms with E-state index in [-0.39, 0.29) is 29.8 Å². The second-order valence-electron chi connectivity index (χ2n) is 6.02. The van der Waals surface area contributed by atoms with Crippen molar-refractivity contribution >= 4 is 29.9 Å². The Morgan fingerprint density at radius 2 is 1.95 bits per heavy atom. The number of nitrogens with zero attached hydrogens (tertiary/aromatic N) is 1. The van der Waals surface area contributed by atoms with E-state index in [1.165, 1.54) is 31.7 Å². The number of benzene rings is 1. The number of halogens is 2. The molecule has 0 atom stereocenters. The molecule has 2 fully saturated rings. The predicted octanol–water partition coefficient (Wildman–Crippen LogP) is 3.54. The van der Waals surface area contributed by atoms with Gasteiger partial charge < -0.3 is 11.1 Å². The number of nitrogens with two attached hydrogens (primary N) is 1. The van der Waals surface area contributed by atoms with Gasteiger partial charge in [0.25, 0.3) is 0 Å². The van der Waals surface area contributed by atoms with E-state index >= 15 is 0 Å². The van der Waals surface area contributed by atoms with Gasteiger partial charge in [0.05, 0.1) is 6.04 Å². The van der Waals surface area contributed by atoms with Crippen LogP contribution in [0.5, 0.6) is 0 Å². The summed E-state index contributed by atoms with van der Waals surface area (Å²) in [5, 5.41) is 3.29. The van der Waals surface area contributed by atoms with E-state index in [0.29, 0.717) is 24.0 Å². The van der Waals surface area contributed by atoms with Crippen LogP contribution in [-0.2, 0) is 0 Å². The molecule has 116 valence electrons. The standard InChI is InChI=1S/C16H22FN3.HI/c17-13-5-3-4-11(8-13)12-9-15(10-12)20-16(18)19-14-6-1-2-7-14;/h3-5,8,12,14-15H,1-2,6-7,9-10H2,(H3,18,19,20);1H. The maximum Gasteiger partial charge on any atom is 0.189 e. The van der Waals surface area contributed by atoms with Gasteiger partial charge in [-0.25, -0.2) is 4.39 Å². The van der Waals surface area contributed by atoms with Crippen molar-refractivity contribution in [3.63, 3.8) is 0 Å². The van der Waals surface area contributed by atoms with Crippen LogP contribution in [0.3, 0.4) is 0 Å². The van der Waals surface area contributed by atoms with Crippen LogP contribution in [0.15, 0.2) is 29.3 Å². The maximum atomic E-state index is 13.2. The second kappa shape index (κ2) is 7.42. The molecule has 0 radical (unpaired) electrons. The summed E-state index contributed by atoms with van der Waals surface area (Å²) in [4.78, 5) is 4.53. The van der Waals surface area contributed by atoms with Gasteiger partial charge in [0, 0.05) is 6.04 Å². The van der Waals surface area contributed by atoms with Crippen LogP contribution in [0.2, 0.25) is 0 Å². The lowest BCUT2D eigenvalue weighted by atomic mass is 9.76. The third kappa shape index (κ3) is 4.31. The molecule has 2 aliphatic carbocycles. The number of guanidine groups is 1. The molecule has 1 aromatic carbocycles. The smallest absolute Gasteiger partial charge is 0.189 e. The maximum absolute atomic E-state index is 13.2. The minimum Gasteiger partial charge on any atom is -0.370 e. The molecule has 21 heavy (non-hydrogen) atoms. The average molecular weight is 403 g/mol. The Labute approximate surface area is 142 Å². The van der Waals surface area contributed by atoms with E-state index in [1.807, 2.05) is 6.07 Å². The highest BCUT2D eigenvalue weighted by Gasteiger charge is 2.30.